The average molecular weight is 399 g/mol. The molecule has 0 saturated heterocycles. The van der Waals surface area contributed by atoms with Gasteiger partial charge < -0.3 is 14.6 Å². The van der Waals surface area contributed by atoms with E-state index in [0.29, 0.717) is 16.5 Å². The summed E-state index contributed by atoms with van der Waals surface area (Å²) in [7, 11) is 3.20. The number of ether oxygens (including phenoxy) is 2. The number of methoxy groups -OCH3 is 1. The zero-order valence-corrected chi connectivity index (χ0v) is 16.2. The molecular weight excluding hydrogens is 380 g/mol. The van der Waals surface area contributed by atoms with Gasteiger partial charge in [-0.05, 0) is 23.3 Å². The van der Waals surface area contributed by atoms with E-state index in [4.69, 9.17) is 21.1 Å². The summed E-state index contributed by atoms with van der Waals surface area (Å²) in [5, 5.41) is 14.6. The molecular formula is C21H19ClN2O4. The quantitative estimate of drug-likeness (QED) is 0.472. The maximum atomic E-state index is 11.5. The second kappa shape index (κ2) is 8.63. The van der Waals surface area contributed by atoms with Crippen LogP contribution < -0.4 is 4.74 Å². The minimum absolute atomic E-state index is 0.0635. The lowest BCUT2D eigenvalue weighted by atomic mass is 10.0. The molecule has 28 heavy (non-hydrogen) atoms. The molecule has 3 rings (SSSR count). The van der Waals surface area contributed by atoms with Gasteiger partial charge in [0.25, 0.3) is 0 Å². The molecule has 2 aromatic carbocycles. The molecule has 0 radical (unpaired) electrons. The van der Waals surface area contributed by atoms with Crippen molar-refractivity contribution >= 4 is 23.1 Å². The second-order valence-corrected chi connectivity index (χ2v) is 6.45. The first-order valence-corrected chi connectivity index (χ1v) is 8.84. The van der Waals surface area contributed by atoms with Crippen LogP contribution >= 0.6 is 11.6 Å². The van der Waals surface area contributed by atoms with Crippen molar-refractivity contribution in [3.05, 3.63) is 77.0 Å². The van der Waals surface area contributed by atoms with Gasteiger partial charge in [-0.3, -0.25) is 0 Å². The average Bonchev–Trinajstić information content (AvgIpc) is 3.06. The predicted octanol–water partition coefficient (Wildman–Crippen LogP) is 4.39. The Morgan fingerprint density at radius 2 is 1.93 bits per heavy atom. The standard InChI is InChI=1S/C21H19ClN2O4/c1-24-20(11-19(23-24)14-7-9-16(22)10-8-14)28-12-15-5-3-4-6-17(15)18(13-27-2)21(25)26/h3-11,13H,12H2,1-2H3,(H,25,26). The van der Waals surface area contributed by atoms with Crippen LogP contribution in [0.4, 0.5) is 0 Å². The zero-order chi connectivity index (χ0) is 20.1. The first-order valence-electron chi connectivity index (χ1n) is 8.47. The molecule has 3 aromatic rings. The number of aryl methyl sites for hydroxylation is 1. The largest absolute Gasteiger partial charge is 0.503 e. The molecule has 0 saturated carbocycles. The number of rotatable bonds is 7. The number of hydrogen-bond donors (Lipinski definition) is 1. The third-order valence-corrected chi connectivity index (χ3v) is 4.38. The highest BCUT2D eigenvalue weighted by atomic mass is 35.5. The Labute approximate surface area is 167 Å². The van der Waals surface area contributed by atoms with E-state index in [2.05, 4.69) is 5.10 Å². The van der Waals surface area contributed by atoms with E-state index in [0.717, 1.165) is 16.8 Å². The maximum absolute atomic E-state index is 11.5. The van der Waals surface area contributed by atoms with Gasteiger partial charge >= 0.3 is 5.97 Å². The summed E-state index contributed by atoms with van der Waals surface area (Å²) in [6.45, 7) is 0.185. The molecule has 0 bridgehead atoms. The topological polar surface area (TPSA) is 73.6 Å². The second-order valence-electron chi connectivity index (χ2n) is 6.02. The monoisotopic (exact) mass is 398 g/mol. The Morgan fingerprint density at radius 3 is 2.61 bits per heavy atom. The molecule has 0 amide bonds. The molecule has 1 heterocycles. The number of aliphatic carboxylic acids is 1. The van der Waals surface area contributed by atoms with E-state index in [9.17, 15) is 9.90 Å². The van der Waals surface area contributed by atoms with Gasteiger partial charge in [-0.15, -0.1) is 0 Å². The number of carboxylic acid groups (broad SMARTS) is 1. The van der Waals surface area contributed by atoms with Gasteiger partial charge in [0.2, 0.25) is 5.88 Å². The molecule has 0 atom stereocenters. The first kappa shape index (κ1) is 19.5. The van der Waals surface area contributed by atoms with Gasteiger partial charge in [-0.2, -0.15) is 5.10 Å². The molecule has 0 spiro atoms. The number of aromatic nitrogens is 2. The summed E-state index contributed by atoms with van der Waals surface area (Å²) < 4.78 is 12.5. The molecule has 1 N–H and O–H groups in total. The Bertz CT molecular complexity index is 1010. The van der Waals surface area contributed by atoms with Gasteiger partial charge in [0.1, 0.15) is 12.2 Å². The fourth-order valence-corrected chi connectivity index (χ4v) is 2.88. The van der Waals surface area contributed by atoms with Crippen molar-refractivity contribution in [1.82, 2.24) is 9.78 Å². The number of halogens is 1. The first-order chi connectivity index (χ1) is 13.5. The van der Waals surface area contributed by atoms with Crippen LogP contribution in [0.25, 0.3) is 16.8 Å². The number of hydrogen-bond acceptors (Lipinski definition) is 4. The normalized spacial score (nSPS) is 11.3. The molecule has 144 valence electrons. The Balaban J connectivity index is 1.83. The SMILES string of the molecule is COC=C(C(=O)O)c1ccccc1COc1cc(-c2ccc(Cl)cc2)nn1C. The van der Waals surface area contributed by atoms with E-state index in [-0.39, 0.29) is 12.2 Å². The minimum atomic E-state index is -1.07. The van der Waals surface area contributed by atoms with E-state index in [1.165, 1.54) is 13.4 Å². The van der Waals surface area contributed by atoms with Crippen molar-refractivity contribution in [3.63, 3.8) is 0 Å². The number of carboxylic acids is 1. The zero-order valence-electron chi connectivity index (χ0n) is 15.4. The van der Waals surface area contributed by atoms with Crippen molar-refractivity contribution in [2.45, 2.75) is 6.61 Å². The fraction of sp³-hybridized carbons (Fsp3) is 0.143. The van der Waals surface area contributed by atoms with E-state index in [1.807, 2.05) is 30.3 Å². The fourth-order valence-electron chi connectivity index (χ4n) is 2.75. The molecule has 0 aliphatic rings. The van der Waals surface area contributed by atoms with E-state index in [1.54, 1.807) is 36.0 Å². The molecule has 0 aliphatic carbocycles. The van der Waals surface area contributed by atoms with Gasteiger partial charge in [0, 0.05) is 23.7 Å². The van der Waals surface area contributed by atoms with Crippen LogP contribution in [0.3, 0.4) is 0 Å². The highest BCUT2D eigenvalue weighted by Gasteiger charge is 2.16. The summed E-state index contributed by atoms with van der Waals surface area (Å²) >= 11 is 5.93. The van der Waals surface area contributed by atoms with Gasteiger partial charge in [-0.25, -0.2) is 9.48 Å². The summed E-state index contributed by atoms with van der Waals surface area (Å²) in [6.07, 6.45) is 1.21. The van der Waals surface area contributed by atoms with E-state index >= 15 is 0 Å². The molecule has 1 aromatic heterocycles. The summed E-state index contributed by atoms with van der Waals surface area (Å²) in [5.74, 6) is -0.507. The number of nitrogens with zero attached hydrogens (tertiary/aromatic N) is 2. The third-order valence-electron chi connectivity index (χ3n) is 4.13. The molecule has 6 nitrogen and oxygen atoms in total. The number of carbonyl (C=O) groups is 1. The van der Waals surface area contributed by atoms with Crippen LogP contribution in [0.5, 0.6) is 5.88 Å². The lowest BCUT2D eigenvalue weighted by Gasteiger charge is -2.11. The Hall–Kier alpha value is -3.25. The smallest absolute Gasteiger partial charge is 0.339 e. The van der Waals surface area contributed by atoms with Crippen LogP contribution in [0.15, 0.2) is 60.9 Å². The third kappa shape index (κ3) is 4.35. The van der Waals surface area contributed by atoms with Crippen molar-refractivity contribution in [3.8, 4) is 17.1 Å². The predicted molar refractivity (Wildman–Crippen MR) is 107 cm³/mol. The Morgan fingerprint density at radius 1 is 1.21 bits per heavy atom. The van der Waals surface area contributed by atoms with Crippen LogP contribution in [0.1, 0.15) is 11.1 Å². The van der Waals surface area contributed by atoms with Gasteiger partial charge in [-0.1, -0.05) is 48.0 Å². The number of benzene rings is 2. The summed E-state index contributed by atoms with van der Waals surface area (Å²) in [4.78, 5) is 11.5. The van der Waals surface area contributed by atoms with Crippen LogP contribution in [-0.2, 0) is 23.2 Å². The Kier molecular flexibility index (Phi) is 6.01. The van der Waals surface area contributed by atoms with Crippen LogP contribution in [0, 0.1) is 0 Å². The molecule has 0 unspecified atom stereocenters. The van der Waals surface area contributed by atoms with Gasteiger partial charge in [0.05, 0.1) is 19.1 Å². The lowest BCUT2D eigenvalue weighted by molar-refractivity contribution is -0.130. The lowest BCUT2D eigenvalue weighted by Crippen LogP contribution is -2.07. The summed E-state index contributed by atoms with van der Waals surface area (Å²) in [5.41, 5.74) is 3.01. The van der Waals surface area contributed by atoms with Crippen molar-refractivity contribution < 1.29 is 19.4 Å². The highest BCUT2D eigenvalue weighted by Crippen LogP contribution is 2.26. The minimum Gasteiger partial charge on any atom is -0.503 e. The van der Waals surface area contributed by atoms with Crippen molar-refractivity contribution in [2.24, 2.45) is 7.05 Å². The summed E-state index contributed by atoms with van der Waals surface area (Å²) in [6, 6.07) is 16.4. The van der Waals surface area contributed by atoms with E-state index < -0.39 is 5.97 Å². The highest BCUT2D eigenvalue weighted by molar-refractivity contribution is 6.30. The molecule has 7 heteroatoms. The van der Waals surface area contributed by atoms with Crippen molar-refractivity contribution in [1.29, 1.82) is 0 Å². The van der Waals surface area contributed by atoms with Crippen LogP contribution in [-0.4, -0.2) is 28.0 Å². The van der Waals surface area contributed by atoms with Gasteiger partial charge in [0.15, 0.2) is 0 Å². The molecule has 0 fully saturated rings. The van der Waals surface area contributed by atoms with Crippen molar-refractivity contribution in [2.75, 3.05) is 7.11 Å². The van der Waals surface area contributed by atoms with Crippen LogP contribution in [0.2, 0.25) is 5.02 Å². The maximum Gasteiger partial charge on any atom is 0.339 e. The molecule has 0 aliphatic heterocycles.